The third-order valence-electron chi connectivity index (χ3n) is 2.62. The van der Waals surface area contributed by atoms with Crippen molar-refractivity contribution in [1.29, 1.82) is 5.26 Å². The Morgan fingerprint density at radius 3 is 2.36 bits per heavy atom. The van der Waals surface area contributed by atoms with E-state index in [2.05, 4.69) is 27.7 Å². The first-order chi connectivity index (χ1) is 10.5. The predicted molar refractivity (Wildman–Crippen MR) is 94.9 cm³/mol. The number of aromatic nitrogens is 1. The van der Waals surface area contributed by atoms with E-state index >= 15 is 0 Å². The fourth-order valence-corrected chi connectivity index (χ4v) is 2.89. The quantitative estimate of drug-likeness (QED) is 0.441. The lowest BCUT2D eigenvalue weighted by molar-refractivity contribution is 0.444. The first kappa shape index (κ1) is 16.9. The zero-order valence-corrected chi connectivity index (χ0v) is 15.1. The molecule has 0 radical (unpaired) electrons. The molecule has 0 fully saturated rings. The summed E-state index contributed by atoms with van der Waals surface area (Å²) in [5.41, 5.74) is 5.72. The molecule has 3 aromatic rings. The summed E-state index contributed by atoms with van der Waals surface area (Å²) < 4.78 is 31.8. The standard InChI is InChI=1S/C7H4FIN2O.C7H3FIN/c8-3-1-2-4(9)5-6(3)12-11-7(5)10;8-6-2-1-3-7(9)5(6)4-10/h1-2H,(H2,10,11);1-3H. The van der Waals surface area contributed by atoms with Gasteiger partial charge in [-0.15, -0.1) is 0 Å². The van der Waals surface area contributed by atoms with Crippen LogP contribution in [0.3, 0.4) is 0 Å². The van der Waals surface area contributed by atoms with Crippen molar-refractivity contribution in [2.45, 2.75) is 0 Å². The van der Waals surface area contributed by atoms with Crippen LogP contribution in [0.25, 0.3) is 11.0 Å². The van der Waals surface area contributed by atoms with Crippen molar-refractivity contribution < 1.29 is 13.3 Å². The maximum Gasteiger partial charge on any atom is 0.205 e. The molecule has 2 N–H and O–H groups in total. The number of benzene rings is 2. The van der Waals surface area contributed by atoms with Gasteiger partial charge in [0.1, 0.15) is 17.4 Å². The van der Waals surface area contributed by atoms with Crippen LogP contribution in [-0.2, 0) is 0 Å². The molecular weight excluding hydrogens is 518 g/mol. The molecule has 0 spiro atoms. The second-order valence-electron chi connectivity index (χ2n) is 4.01. The highest BCUT2D eigenvalue weighted by Gasteiger charge is 2.12. The highest BCUT2D eigenvalue weighted by molar-refractivity contribution is 14.1. The van der Waals surface area contributed by atoms with Crippen LogP contribution in [-0.4, -0.2) is 5.16 Å². The van der Waals surface area contributed by atoms with Gasteiger partial charge in [-0.2, -0.15) is 5.26 Å². The van der Waals surface area contributed by atoms with Crippen molar-refractivity contribution in [3.63, 3.8) is 0 Å². The highest BCUT2D eigenvalue weighted by Crippen LogP contribution is 2.27. The monoisotopic (exact) mass is 525 g/mol. The van der Waals surface area contributed by atoms with Gasteiger partial charge >= 0.3 is 0 Å². The minimum atomic E-state index is -0.450. The van der Waals surface area contributed by atoms with E-state index in [9.17, 15) is 8.78 Å². The molecule has 0 saturated heterocycles. The zero-order chi connectivity index (χ0) is 16.3. The summed E-state index contributed by atoms with van der Waals surface area (Å²) in [5, 5.41) is 12.4. The van der Waals surface area contributed by atoms with Gasteiger partial charge in [-0.3, -0.25) is 0 Å². The number of nitriles is 1. The van der Waals surface area contributed by atoms with Gasteiger partial charge in [0, 0.05) is 7.14 Å². The van der Waals surface area contributed by atoms with E-state index in [4.69, 9.17) is 15.5 Å². The Morgan fingerprint density at radius 2 is 1.82 bits per heavy atom. The Kier molecular flexibility index (Phi) is 5.52. The Balaban J connectivity index is 0.000000164. The summed E-state index contributed by atoms with van der Waals surface area (Å²) in [5.74, 6) is -0.655. The van der Waals surface area contributed by atoms with Crippen molar-refractivity contribution in [3.05, 3.63) is 54.7 Å². The average molecular weight is 525 g/mol. The van der Waals surface area contributed by atoms with E-state index in [1.807, 2.05) is 22.6 Å². The Labute approximate surface area is 151 Å². The predicted octanol–water partition coefficient (Wildman–Crippen LogP) is 4.46. The van der Waals surface area contributed by atoms with Crippen LogP contribution in [0.2, 0.25) is 0 Å². The first-order valence-corrected chi connectivity index (χ1v) is 7.94. The lowest BCUT2D eigenvalue weighted by Crippen LogP contribution is -1.86. The Hall–Kier alpha value is -1.48. The maximum absolute atomic E-state index is 13.0. The first-order valence-electron chi connectivity index (χ1n) is 5.78. The highest BCUT2D eigenvalue weighted by atomic mass is 127. The largest absolute Gasteiger partial charge is 0.380 e. The third kappa shape index (κ3) is 3.46. The molecule has 22 heavy (non-hydrogen) atoms. The van der Waals surface area contributed by atoms with Crippen LogP contribution >= 0.6 is 45.2 Å². The number of nitrogen functional groups attached to an aromatic ring is 1. The van der Waals surface area contributed by atoms with Gasteiger partial charge in [-0.25, -0.2) is 8.78 Å². The van der Waals surface area contributed by atoms with Crippen LogP contribution in [0.15, 0.2) is 34.9 Å². The van der Waals surface area contributed by atoms with Crippen LogP contribution < -0.4 is 5.73 Å². The lowest BCUT2D eigenvalue weighted by Gasteiger charge is -1.93. The SMILES string of the molecule is N#Cc1c(F)cccc1I.Nc1noc2c(F)ccc(I)c12. The van der Waals surface area contributed by atoms with Crippen molar-refractivity contribution in [3.8, 4) is 6.07 Å². The number of hydrogen-bond donors (Lipinski definition) is 1. The van der Waals surface area contributed by atoms with Gasteiger partial charge in [-0.1, -0.05) is 11.2 Å². The van der Waals surface area contributed by atoms with E-state index in [1.54, 1.807) is 24.3 Å². The second-order valence-corrected chi connectivity index (χ2v) is 6.33. The smallest absolute Gasteiger partial charge is 0.205 e. The number of hydrogen-bond acceptors (Lipinski definition) is 4. The molecule has 0 aliphatic heterocycles. The normalized spacial score (nSPS) is 9.95. The fourth-order valence-electron chi connectivity index (χ4n) is 1.61. The Morgan fingerprint density at radius 1 is 1.09 bits per heavy atom. The number of rotatable bonds is 0. The molecule has 0 aliphatic rings. The number of anilines is 1. The molecule has 0 atom stereocenters. The third-order valence-corrected chi connectivity index (χ3v) is 4.42. The molecule has 1 heterocycles. The minimum Gasteiger partial charge on any atom is -0.380 e. The zero-order valence-electron chi connectivity index (χ0n) is 10.8. The van der Waals surface area contributed by atoms with Gasteiger partial charge in [0.05, 0.1) is 5.39 Å². The molecule has 3 rings (SSSR count). The molecule has 2 aromatic carbocycles. The van der Waals surface area contributed by atoms with E-state index in [0.29, 0.717) is 8.96 Å². The Bertz CT molecular complexity index is 854. The summed E-state index contributed by atoms with van der Waals surface area (Å²) >= 11 is 3.97. The second kappa shape index (κ2) is 7.19. The molecular formula is C14H7F2I2N3O. The fraction of sp³-hybridized carbons (Fsp3) is 0. The van der Waals surface area contributed by atoms with Crippen LogP contribution in [0.1, 0.15) is 5.56 Å². The van der Waals surface area contributed by atoms with Gasteiger partial charge < -0.3 is 10.3 Å². The number of nitrogens with two attached hydrogens (primary N) is 1. The van der Waals surface area contributed by atoms with E-state index in [0.717, 1.165) is 3.57 Å². The molecule has 4 nitrogen and oxygen atoms in total. The average Bonchev–Trinajstić information content (AvgIpc) is 2.87. The molecule has 0 amide bonds. The lowest BCUT2D eigenvalue weighted by atomic mass is 10.2. The summed E-state index contributed by atoms with van der Waals surface area (Å²) in [4.78, 5) is 0. The van der Waals surface area contributed by atoms with E-state index < -0.39 is 11.6 Å². The van der Waals surface area contributed by atoms with Crippen LogP contribution in [0.4, 0.5) is 14.6 Å². The summed E-state index contributed by atoms with van der Waals surface area (Å²) in [6.45, 7) is 0. The number of fused-ring (bicyclic) bond motifs is 1. The molecule has 0 bridgehead atoms. The molecule has 0 aliphatic carbocycles. The summed E-state index contributed by atoms with van der Waals surface area (Å²) in [7, 11) is 0. The van der Waals surface area contributed by atoms with Crippen molar-refractivity contribution in [1.82, 2.24) is 5.16 Å². The van der Waals surface area contributed by atoms with Crippen molar-refractivity contribution >= 4 is 62.0 Å². The minimum absolute atomic E-state index is 0.124. The number of halogens is 4. The molecule has 0 unspecified atom stereocenters. The van der Waals surface area contributed by atoms with Gasteiger partial charge in [-0.05, 0) is 69.4 Å². The van der Waals surface area contributed by atoms with Gasteiger partial charge in [0.2, 0.25) is 5.58 Å². The van der Waals surface area contributed by atoms with Crippen molar-refractivity contribution in [2.24, 2.45) is 0 Å². The summed E-state index contributed by atoms with van der Waals surface area (Å²) in [6.07, 6.45) is 0. The van der Waals surface area contributed by atoms with Crippen LogP contribution in [0, 0.1) is 30.1 Å². The van der Waals surface area contributed by atoms with Crippen LogP contribution in [0.5, 0.6) is 0 Å². The molecule has 112 valence electrons. The number of nitrogens with zero attached hydrogens (tertiary/aromatic N) is 2. The summed E-state index contributed by atoms with van der Waals surface area (Å²) in [6, 6.07) is 9.30. The van der Waals surface area contributed by atoms with E-state index in [-0.39, 0.29) is 17.0 Å². The molecule has 1 aromatic heterocycles. The maximum atomic E-state index is 13.0. The van der Waals surface area contributed by atoms with E-state index in [1.165, 1.54) is 12.1 Å². The topological polar surface area (TPSA) is 75.8 Å². The van der Waals surface area contributed by atoms with Gasteiger partial charge in [0.15, 0.2) is 11.6 Å². The van der Waals surface area contributed by atoms with Gasteiger partial charge in [0.25, 0.3) is 0 Å². The molecule has 0 saturated carbocycles. The van der Waals surface area contributed by atoms with Crippen molar-refractivity contribution in [2.75, 3.05) is 5.73 Å². The molecule has 8 heteroatoms.